The van der Waals surface area contributed by atoms with Gasteiger partial charge >= 0.3 is 0 Å². The van der Waals surface area contributed by atoms with Gasteiger partial charge in [-0.05, 0) is 30.7 Å². The van der Waals surface area contributed by atoms with Crippen LogP contribution in [-0.4, -0.2) is 9.97 Å². The van der Waals surface area contributed by atoms with Crippen molar-refractivity contribution in [1.82, 2.24) is 9.97 Å². The first kappa shape index (κ1) is 9.16. The lowest BCUT2D eigenvalue weighted by molar-refractivity contribution is 1.26. The first-order chi connectivity index (χ1) is 6.79. The zero-order valence-corrected chi connectivity index (χ0v) is 8.49. The molecule has 14 heavy (non-hydrogen) atoms. The molecule has 0 spiro atoms. The van der Waals surface area contributed by atoms with E-state index in [1.54, 1.807) is 18.6 Å². The molecule has 0 saturated heterocycles. The van der Waals surface area contributed by atoms with Crippen molar-refractivity contribution in [2.24, 2.45) is 0 Å². The Hall–Kier alpha value is -1.41. The van der Waals surface area contributed by atoms with Crippen LogP contribution in [0.5, 0.6) is 0 Å². The summed E-state index contributed by atoms with van der Waals surface area (Å²) in [5, 5.41) is 0.695. The summed E-state index contributed by atoms with van der Waals surface area (Å²) < 4.78 is 0. The number of aromatic nitrogens is 2. The normalized spacial score (nSPS) is 10.1. The lowest BCUT2D eigenvalue weighted by Gasteiger charge is -2.04. The second-order valence-corrected chi connectivity index (χ2v) is 3.41. The summed E-state index contributed by atoms with van der Waals surface area (Å²) in [5.74, 6) is 0. The van der Waals surface area contributed by atoms with Crippen LogP contribution in [-0.2, 0) is 0 Å². The number of aryl methyl sites for hydroxylation is 1. The SMILES string of the molecule is Cc1ccnc(-c2cccnc2)c1Cl. The van der Waals surface area contributed by atoms with Crippen molar-refractivity contribution >= 4 is 11.6 Å². The van der Waals surface area contributed by atoms with Crippen molar-refractivity contribution in [3.63, 3.8) is 0 Å². The van der Waals surface area contributed by atoms with Crippen molar-refractivity contribution in [2.45, 2.75) is 6.92 Å². The second-order valence-electron chi connectivity index (χ2n) is 3.03. The summed E-state index contributed by atoms with van der Waals surface area (Å²) in [4.78, 5) is 8.27. The molecule has 2 aromatic heterocycles. The van der Waals surface area contributed by atoms with Crippen LogP contribution in [0.3, 0.4) is 0 Å². The molecule has 2 rings (SSSR count). The van der Waals surface area contributed by atoms with Crippen LogP contribution in [0.25, 0.3) is 11.3 Å². The third-order valence-electron chi connectivity index (χ3n) is 2.02. The van der Waals surface area contributed by atoms with Crippen molar-refractivity contribution in [3.05, 3.63) is 47.4 Å². The van der Waals surface area contributed by atoms with E-state index in [-0.39, 0.29) is 0 Å². The summed E-state index contributed by atoms with van der Waals surface area (Å²) in [7, 11) is 0. The molecule has 0 radical (unpaired) electrons. The molecule has 0 amide bonds. The Kier molecular flexibility index (Phi) is 2.46. The predicted octanol–water partition coefficient (Wildman–Crippen LogP) is 3.11. The van der Waals surface area contributed by atoms with Gasteiger partial charge in [0.2, 0.25) is 0 Å². The topological polar surface area (TPSA) is 25.8 Å². The molecule has 0 aliphatic carbocycles. The average molecular weight is 205 g/mol. The van der Waals surface area contributed by atoms with Crippen LogP contribution in [0.1, 0.15) is 5.56 Å². The van der Waals surface area contributed by atoms with E-state index in [0.29, 0.717) is 5.02 Å². The van der Waals surface area contributed by atoms with Crippen molar-refractivity contribution < 1.29 is 0 Å². The van der Waals surface area contributed by atoms with Gasteiger partial charge in [0, 0.05) is 24.2 Å². The van der Waals surface area contributed by atoms with Crippen LogP contribution in [0.4, 0.5) is 0 Å². The molecule has 70 valence electrons. The highest BCUT2D eigenvalue weighted by Crippen LogP contribution is 2.26. The number of pyridine rings is 2. The van der Waals surface area contributed by atoms with Gasteiger partial charge < -0.3 is 0 Å². The van der Waals surface area contributed by atoms with Gasteiger partial charge in [0.15, 0.2) is 0 Å². The molecular weight excluding hydrogens is 196 g/mol. The highest BCUT2D eigenvalue weighted by Gasteiger charge is 2.06. The van der Waals surface area contributed by atoms with Gasteiger partial charge in [0.25, 0.3) is 0 Å². The van der Waals surface area contributed by atoms with E-state index >= 15 is 0 Å². The van der Waals surface area contributed by atoms with Crippen molar-refractivity contribution in [1.29, 1.82) is 0 Å². The van der Waals surface area contributed by atoms with E-state index in [1.807, 2.05) is 25.1 Å². The highest BCUT2D eigenvalue weighted by molar-refractivity contribution is 6.33. The Morgan fingerprint density at radius 1 is 1.21 bits per heavy atom. The molecule has 0 fully saturated rings. The van der Waals surface area contributed by atoms with Gasteiger partial charge in [-0.1, -0.05) is 11.6 Å². The second kappa shape index (κ2) is 3.76. The molecule has 0 unspecified atom stereocenters. The predicted molar refractivity (Wildman–Crippen MR) is 57.2 cm³/mol. The molecule has 0 aliphatic heterocycles. The van der Waals surface area contributed by atoms with E-state index in [1.165, 1.54) is 0 Å². The first-order valence-electron chi connectivity index (χ1n) is 4.30. The Bertz CT molecular complexity index is 440. The molecule has 0 atom stereocenters. The van der Waals surface area contributed by atoms with E-state index in [4.69, 9.17) is 11.6 Å². The largest absolute Gasteiger partial charge is 0.264 e. The Morgan fingerprint density at radius 3 is 2.79 bits per heavy atom. The minimum absolute atomic E-state index is 0.695. The quantitative estimate of drug-likeness (QED) is 0.714. The Labute approximate surface area is 87.6 Å². The van der Waals surface area contributed by atoms with Crippen LogP contribution in [0.15, 0.2) is 36.8 Å². The number of nitrogens with zero attached hydrogens (tertiary/aromatic N) is 2. The minimum Gasteiger partial charge on any atom is -0.264 e. The van der Waals surface area contributed by atoms with Gasteiger partial charge in [-0.15, -0.1) is 0 Å². The van der Waals surface area contributed by atoms with Crippen molar-refractivity contribution in [2.75, 3.05) is 0 Å². The van der Waals surface area contributed by atoms with E-state index in [0.717, 1.165) is 16.8 Å². The number of rotatable bonds is 1. The smallest absolute Gasteiger partial charge is 0.0906 e. The van der Waals surface area contributed by atoms with E-state index in [9.17, 15) is 0 Å². The summed E-state index contributed by atoms with van der Waals surface area (Å²) in [6.45, 7) is 1.96. The average Bonchev–Trinajstić information content (AvgIpc) is 2.23. The summed E-state index contributed by atoms with van der Waals surface area (Å²) in [6.07, 6.45) is 5.24. The number of hydrogen-bond donors (Lipinski definition) is 0. The van der Waals surface area contributed by atoms with Gasteiger partial charge in [0.1, 0.15) is 0 Å². The Morgan fingerprint density at radius 2 is 2.07 bits per heavy atom. The van der Waals surface area contributed by atoms with Crippen LogP contribution < -0.4 is 0 Å². The Balaban J connectivity index is 2.58. The number of halogens is 1. The zero-order chi connectivity index (χ0) is 9.97. The van der Waals surface area contributed by atoms with Crippen LogP contribution in [0, 0.1) is 6.92 Å². The molecule has 0 aromatic carbocycles. The van der Waals surface area contributed by atoms with Gasteiger partial charge in [-0.25, -0.2) is 0 Å². The number of hydrogen-bond acceptors (Lipinski definition) is 2. The fraction of sp³-hybridized carbons (Fsp3) is 0.0909. The van der Waals surface area contributed by atoms with E-state index in [2.05, 4.69) is 9.97 Å². The molecule has 0 saturated carbocycles. The van der Waals surface area contributed by atoms with Gasteiger partial charge in [-0.2, -0.15) is 0 Å². The van der Waals surface area contributed by atoms with Crippen LogP contribution in [0.2, 0.25) is 5.02 Å². The monoisotopic (exact) mass is 204 g/mol. The molecule has 2 aromatic rings. The maximum atomic E-state index is 6.14. The summed E-state index contributed by atoms with van der Waals surface area (Å²) >= 11 is 6.14. The minimum atomic E-state index is 0.695. The standard InChI is InChI=1S/C11H9ClN2/c1-8-4-6-14-11(10(8)12)9-3-2-5-13-7-9/h2-7H,1H3. The molecule has 2 nitrogen and oxygen atoms in total. The van der Waals surface area contributed by atoms with Crippen LogP contribution >= 0.6 is 11.6 Å². The van der Waals surface area contributed by atoms with E-state index < -0.39 is 0 Å². The zero-order valence-electron chi connectivity index (χ0n) is 7.74. The molecule has 3 heteroatoms. The molecule has 0 bridgehead atoms. The fourth-order valence-electron chi connectivity index (χ4n) is 1.24. The molecule has 2 heterocycles. The van der Waals surface area contributed by atoms with Gasteiger partial charge in [0.05, 0.1) is 10.7 Å². The maximum absolute atomic E-state index is 6.14. The maximum Gasteiger partial charge on any atom is 0.0906 e. The first-order valence-corrected chi connectivity index (χ1v) is 4.68. The molecule has 0 N–H and O–H groups in total. The lowest BCUT2D eigenvalue weighted by atomic mass is 10.1. The van der Waals surface area contributed by atoms with Gasteiger partial charge in [-0.3, -0.25) is 9.97 Å². The summed E-state index contributed by atoms with van der Waals surface area (Å²) in [5.41, 5.74) is 2.77. The highest BCUT2D eigenvalue weighted by atomic mass is 35.5. The van der Waals surface area contributed by atoms with Crippen molar-refractivity contribution in [3.8, 4) is 11.3 Å². The third-order valence-corrected chi connectivity index (χ3v) is 2.49. The molecular formula is C11H9ClN2. The fourth-order valence-corrected chi connectivity index (χ4v) is 1.47. The lowest BCUT2D eigenvalue weighted by Crippen LogP contribution is -1.87. The third kappa shape index (κ3) is 1.61. The molecule has 0 aliphatic rings. The summed E-state index contributed by atoms with van der Waals surface area (Å²) in [6, 6.07) is 5.71.